The minimum Gasteiger partial charge on any atom is -0.465 e. The van der Waals surface area contributed by atoms with Crippen LogP contribution in [0.25, 0.3) is 0 Å². The van der Waals surface area contributed by atoms with Gasteiger partial charge in [-0.25, -0.2) is 4.79 Å². The third kappa shape index (κ3) is 2.61. The molecule has 0 aromatic heterocycles. The van der Waals surface area contributed by atoms with Gasteiger partial charge < -0.3 is 20.6 Å². The SMILES string of the molecule is O=C(O)NCCN1CCNC(=O)C1=O. The number of hydrogen-bond donors (Lipinski definition) is 3. The molecule has 7 heteroatoms. The van der Waals surface area contributed by atoms with Crippen LogP contribution in [0.4, 0.5) is 4.79 Å². The van der Waals surface area contributed by atoms with Gasteiger partial charge in [0.25, 0.3) is 0 Å². The van der Waals surface area contributed by atoms with E-state index < -0.39 is 17.9 Å². The summed E-state index contributed by atoms with van der Waals surface area (Å²) >= 11 is 0. The summed E-state index contributed by atoms with van der Waals surface area (Å²) in [6, 6.07) is 0. The molecule has 1 heterocycles. The molecule has 1 fully saturated rings. The number of nitrogens with zero attached hydrogens (tertiary/aromatic N) is 1. The minimum atomic E-state index is -1.14. The molecule has 1 aliphatic heterocycles. The quantitative estimate of drug-likeness (QED) is 0.470. The number of carbonyl (C=O) groups is 3. The monoisotopic (exact) mass is 201 g/mol. The van der Waals surface area contributed by atoms with Crippen molar-refractivity contribution in [2.75, 3.05) is 26.2 Å². The standard InChI is InChI=1S/C7H11N3O4/c11-5-6(12)10(3-1-8-5)4-2-9-7(13)14/h9H,1-4H2,(H,8,11)(H,13,14). The summed E-state index contributed by atoms with van der Waals surface area (Å²) < 4.78 is 0. The second-order valence-corrected chi connectivity index (χ2v) is 2.78. The van der Waals surface area contributed by atoms with Crippen LogP contribution < -0.4 is 10.6 Å². The van der Waals surface area contributed by atoms with Crippen molar-refractivity contribution in [2.24, 2.45) is 0 Å². The molecule has 1 saturated heterocycles. The Balaban J connectivity index is 2.32. The summed E-state index contributed by atoms with van der Waals surface area (Å²) in [5.41, 5.74) is 0. The molecule has 0 saturated carbocycles. The Morgan fingerprint density at radius 2 is 2.29 bits per heavy atom. The Labute approximate surface area is 80.1 Å². The fourth-order valence-corrected chi connectivity index (χ4v) is 1.14. The van der Waals surface area contributed by atoms with Gasteiger partial charge >= 0.3 is 17.9 Å². The molecule has 0 bridgehead atoms. The van der Waals surface area contributed by atoms with Crippen LogP contribution in [-0.4, -0.2) is 54.1 Å². The highest BCUT2D eigenvalue weighted by Crippen LogP contribution is 1.93. The molecule has 78 valence electrons. The maximum atomic E-state index is 11.1. The molecule has 0 spiro atoms. The van der Waals surface area contributed by atoms with Gasteiger partial charge in [-0.3, -0.25) is 9.59 Å². The summed E-state index contributed by atoms with van der Waals surface area (Å²) in [6.45, 7) is 1.19. The zero-order chi connectivity index (χ0) is 10.6. The van der Waals surface area contributed by atoms with E-state index in [2.05, 4.69) is 10.6 Å². The Morgan fingerprint density at radius 1 is 1.57 bits per heavy atom. The summed E-state index contributed by atoms with van der Waals surface area (Å²) in [6.07, 6.45) is -1.14. The second kappa shape index (κ2) is 4.45. The first-order chi connectivity index (χ1) is 6.61. The van der Waals surface area contributed by atoms with Crippen molar-refractivity contribution in [3.05, 3.63) is 0 Å². The molecule has 0 aromatic rings. The van der Waals surface area contributed by atoms with Crippen molar-refractivity contribution in [2.45, 2.75) is 0 Å². The summed E-state index contributed by atoms with van der Waals surface area (Å²) in [5, 5.41) is 12.8. The van der Waals surface area contributed by atoms with Crippen LogP contribution in [-0.2, 0) is 9.59 Å². The zero-order valence-corrected chi connectivity index (χ0v) is 7.45. The highest BCUT2D eigenvalue weighted by Gasteiger charge is 2.25. The van der Waals surface area contributed by atoms with Crippen LogP contribution in [0.1, 0.15) is 0 Å². The number of rotatable bonds is 3. The van der Waals surface area contributed by atoms with Gasteiger partial charge in [0.1, 0.15) is 0 Å². The van der Waals surface area contributed by atoms with Crippen molar-refractivity contribution in [3.63, 3.8) is 0 Å². The summed E-state index contributed by atoms with van der Waals surface area (Å²) in [7, 11) is 0. The predicted molar refractivity (Wildman–Crippen MR) is 45.6 cm³/mol. The van der Waals surface area contributed by atoms with Crippen LogP contribution in [0.2, 0.25) is 0 Å². The lowest BCUT2D eigenvalue weighted by molar-refractivity contribution is -0.148. The first-order valence-electron chi connectivity index (χ1n) is 4.15. The van der Waals surface area contributed by atoms with Gasteiger partial charge in [-0.1, -0.05) is 0 Å². The van der Waals surface area contributed by atoms with Crippen molar-refractivity contribution < 1.29 is 19.5 Å². The van der Waals surface area contributed by atoms with E-state index in [1.807, 2.05) is 0 Å². The smallest absolute Gasteiger partial charge is 0.404 e. The fraction of sp³-hybridized carbons (Fsp3) is 0.571. The van der Waals surface area contributed by atoms with Gasteiger partial charge in [0.05, 0.1) is 0 Å². The molecule has 3 N–H and O–H groups in total. The number of nitrogens with one attached hydrogen (secondary N) is 2. The van der Waals surface area contributed by atoms with Crippen LogP contribution in [0.5, 0.6) is 0 Å². The molecule has 0 aromatic carbocycles. The van der Waals surface area contributed by atoms with E-state index in [-0.39, 0.29) is 13.1 Å². The van der Waals surface area contributed by atoms with E-state index >= 15 is 0 Å². The minimum absolute atomic E-state index is 0.133. The van der Waals surface area contributed by atoms with E-state index in [9.17, 15) is 14.4 Å². The first kappa shape index (κ1) is 10.3. The second-order valence-electron chi connectivity index (χ2n) is 2.78. The number of hydrogen-bond acceptors (Lipinski definition) is 3. The first-order valence-corrected chi connectivity index (χ1v) is 4.15. The van der Waals surface area contributed by atoms with Gasteiger partial charge in [0.15, 0.2) is 0 Å². The molecule has 7 nitrogen and oxygen atoms in total. The largest absolute Gasteiger partial charge is 0.465 e. The molecule has 1 aliphatic rings. The fourth-order valence-electron chi connectivity index (χ4n) is 1.14. The lowest BCUT2D eigenvalue weighted by atomic mass is 10.3. The highest BCUT2D eigenvalue weighted by molar-refractivity contribution is 6.35. The van der Waals surface area contributed by atoms with E-state index in [1.54, 1.807) is 0 Å². The topological polar surface area (TPSA) is 98.7 Å². The molecule has 3 amide bonds. The molecule has 0 unspecified atom stereocenters. The lowest BCUT2D eigenvalue weighted by Crippen LogP contribution is -2.53. The van der Waals surface area contributed by atoms with Crippen LogP contribution in [0.3, 0.4) is 0 Å². The molecule has 14 heavy (non-hydrogen) atoms. The third-order valence-electron chi connectivity index (χ3n) is 1.81. The number of carbonyl (C=O) groups excluding carboxylic acids is 2. The van der Waals surface area contributed by atoms with Crippen molar-refractivity contribution in [1.29, 1.82) is 0 Å². The molecule has 0 atom stereocenters. The van der Waals surface area contributed by atoms with Crippen LogP contribution in [0, 0.1) is 0 Å². The van der Waals surface area contributed by atoms with E-state index in [0.717, 1.165) is 0 Å². The van der Waals surface area contributed by atoms with E-state index in [0.29, 0.717) is 13.1 Å². The van der Waals surface area contributed by atoms with Gasteiger partial charge in [0, 0.05) is 26.2 Å². The van der Waals surface area contributed by atoms with Crippen LogP contribution in [0.15, 0.2) is 0 Å². The van der Waals surface area contributed by atoms with Gasteiger partial charge in [-0.15, -0.1) is 0 Å². The lowest BCUT2D eigenvalue weighted by Gasteiger charge is -2.26. The van der Waals surface area contributed by atoms with E-state index in [4.69, 9.17) is 5.11 Å². The molecule has 0 aliphatic carbocycles. The van der Waals surface area contributed by atoms with Crippen molar-refractivity contribution in [3.8, 4) is 0 Å². The summed E-state index contributed by atoms with van der Waals surface area (Å²) in [4.78, 5) is 33.4. The molecular weight excluding hydrogens is 190 g/mol. The average molecular weight is 201 g/mol. The molecule has 1 rings (SSSR count). The maximum absolute atomic E-state index is 11.1. The van der Waals surface area contributed by atoms with E-state index in [1.165, 1.54) is 4.90 Å². The summed E-state index contributed by atoms with van der Waals surface area (Å²) in [5.74, 6) is -1.24. The van der Waals surface area contributed by atoms with Gasteiger partial charge in [-0.05, 0) is 0 Å². The number of amides is 3. The normalized spacial score (nSPS) is 16.4. The highest BCUT2D eigenvalue weighted by atomic mass is 16.4. The Bertz CT molecular complexity index is 266. The number of carboxylic acid groups (broad SMARTS) is 1. The third-order valence-corrected chi connectivity index (χ3v) is 1.81. The Kier molecular flexibility index (Phi) is 3.27. The Morgan fingerprint density at radius 3 is 2.93 bits per heavy atom. The molecular formula is C7H11N3O4. The zero-order valence-electron chi connectivity index (χ0n) is 7.45. The predicted octanol–water partition coefficient (Wildman–Crippen LogP) is -1.79. The average Bonchev–Trinajstić information content (AvgIpc) is 2.12. The van der Waals surface area contributed by atoms with Crippen LogP contribution >= 0.6 is 0 Å². The van der Waals surface area contributed by atoms with Gasteiger partial charge in [-0.2, -0.15) is 0 Å². The Hall–Kier alpha value is -1.79. The van der Waals surface area contributed by atoms with Gasteiger partial charge in [0.2, 0.25) is 0 Å². The molecule has 0 radical (unpaired) electrons. The maximum Gasteiger partial charge on any atom is 0.404 e. The van der Waals surface area contributed by atoms with Crippen molar-refractivity contribution >= 4 is 17.9 Å². The van der Waals surface area contributed by atoms with Crippen molar-refractivity contribution in [1.82, 2.24) is 15.5 Å². The number of piperazine rings is 1.